The number of rotatable bonds is 8. The van der Waals surface area contributed by atoms with Gasteiger partial charge in [-0.15, -0.1) is 0 Å². The zero-order chi connectivity index (χ0) is 34.4. The summed E-state index contributed by atoms with van der Waals surface area (Å²) in [4.78, 5) is 14.0. The standard InChI is InChI=1S/C39H38O9/c1-19(2)5-6-22(20(3)4)15-29-38-34(31(45)18-32(47-38)28-12-11-25(41)17-30(28)44)36(46)35-33(23-13-26(42)16-27(43)14-23)37(48-39(29)35)21-7-9-24(40)10-8-21/h5,7-14,16-17,22,32-33,37,40-44,46H,3,6,15,18H2,1-2,4H3/t22?,32-,33-,37?/m0/s1. The van der Waals surface area contributed by atoms with E-state index in [1.54, 1.807) is 12.1 Å². The van der Waals surface area contributed by atoms with Crippen molar-refractivity contribution in [2.24, 2.45) is 5.92 Å². The number of hydrogen-bond donors (Lipinski definition) is 6. The molecule has 0 saturated carbocycles. The maximum atomic E-state index is 14.0. The largest absolute Gasteiger partial charge is 0.508 e. The van der Waals surface area contributed by atoms with Gasteiger partial charge in [0, 0.05) is 28.8 Å². The van der Waals surface area contributed by atoms with E-state index in [4.69, 9.17) is 9.47 Å². The lowest BCUT2D eigenvalue weighted by Crippen LogP contribution is -2.23. The third-order valence-electron chi connectivity index (χ3n) is 9.10. The van der Waals surface area contributed by atoms with E-state index in [0.717, 1.165) is 11.1 Å². The number of carbonyl (C=O) groups excluding carboxylic acids is 1. The zero-order valence-corrected chi connectivity index (χ0v) is 26.9. The molecule has 0 saturated heterocycles. The van der Waals surface area contributed by atoms with E-state index in [2.05, 4.69) is 12.7 Å². The van der Waals surface area contributed by atoms with Crippen molar-refractivity contribution < 1.29 is 44.9 Å². The molecule has 248 valence electrons. The number of benzene rings is 4. The third-order valence-corrected chi connectivity index (χ3v) is 9.10. The van der Waals surface area contributed by atoms with Gasteiger partial charge in [0.1, 0.15) is 63.8 Å². The molecule has 2 heterocycles. The normalized spacial score (nSPS) is 18.6. The average Bonchev–Trinajstić information content (AvgIpc) is 3.41. The van der Waals surface area contributed by atoms with Gasteiger partial charge in [0.05, 0.1) is 12.3 Å². The molecule has 4 aromatic rings. The molecule has 0 fully saturated rings. The predicted molar refractivity (Wildman–Crippen MR) is 179 cm³/mol. The van der Waals surface area contributed by atoms with Crippen LogP contribution in [0.15, 0.2) is 84.5 Å². The first-order chi connectivity index (χ1) is 22.8. The molecule has 0 amide bonds. The second-order valence-electron chi connectivity index (χ2n) is 12.9. The van der Waals surface area contributed by atoms with Gasteiger partial charge in [-0.2, -0.15) is 0 Å². The number of ether oxygens (including phenoxy) is 2. The van der Waals surface area contributed by atoms with Crippen molar-refractivity contribution in [3.63, 3.8) is 0 Å². The molecule has 2 aliphatic heterocycles. The third kappa shape index (κ3) is 5.99. The lowest BCUT2D eigenvalue weighted by Gasteiger charge is -2.31. The molecule has 9 heteroatoms. The zero-order valence-electron chi connectivity index (χ0n) is 26.9. The van der Waals surface area contributed by atoms with Gasteiger partial charge in [0.2, 0.25) is 0 Å². The summed E-state index contributed by atoms with van der Waals surface area (Å²) < 4.78 is 13.3. The van der Waals surface area contributed by atoms with Gasteiger partial charge in [-0.25, -0.2) is 0 Å². The van der Waals surface area contributed by atoms with E-state index in [1.807, 2.05) is 20.8 Å². The first kappa shape index (κ1) is 32.4. The number of allylic oxidation sites excluding steroid dienone is 3. The maximum Gasteiger partial charge on any atom is 0.174 e. The van der Waals surface area contributed by atoms with Crippen LogP contribution in [0.3, 0.4) is 0 Å². The van der Waals surface area contributed by atoms with Crippen molar-refractivity contribution in [3.8, 4) is 46.0 Å². The number of phenolic OH excluding ortho intramolecular Hbond substituents is 6. The minimum absolute atomic E-state index is 0.0229. The summed E-state index contributed by atoms with van der Waals surface area (Å²) >= 11 is 0. The highest BCUT2D eigenvalue weighted by molar-refractivity contribution is 6.04. The lowest BCUT2D eigenvalue weighted by atomic mass is 9.80. The molecule has 6 N–H and O–H groups in total. The number of hydrogen-bond acceptors (Lipinski definition) is 9. The molecule has 9 nitrogen and oxygen atoms in total. The Morgan fingerprint density at radius 1 is 0.833 bits per heavy atom. The quantitative estimate of drug-likeness (QED) is 0.104. The number of carbonyl (C=O) groups is 1. The minimum Gasteiger partial charge on any atom is -0.508 e. The Morgan fingerprint density at radius 2 is 1.50 bits per heavy atom. The van der Waals surface area contributed by atoms with Crippen molar-refractivity contribution in [3.05, 3.63) is 118 Å². The Morgan fingerprint density at radius 3 is 2.12 bits per heavy atom. The van der Waals surface area contributed by atoms with Gasteiger partial charge >= 0.3 is 0 Å². The van der Waals surface area contributed by atoms with Crippen LogP contribution in [0, 0.1) is 5.92 Å². The molecular formula is C39H38O9. The van der Waals surface area contributed by atoms with Crippen molar-refractivity contribution in [2.75, 3.05) is 0 Å². The number of aromatic hydroxyl groups is 6. The van der Waals surface area contributed by atoms with E-state index in [-0.39, 0.29) is 58.1 Å². The number of phenols is 6. The highest BCUT2D eigenvalue weighted by Crippen LogP contribution is 2.60. The van der Waals surface area contributed by atoms with Gasteiger partial charge in [-0.3, -0.25) is 4.79 Å². The molecule has 0 aliphatic carbocycles. The van der Waals surface area contributed by atoms with Crippen molar-refractivity contribution >= 4 is 5.78 Å². The second kappa shape index (κ2) is 12.6. The van der Waals surface area contributed by atoms with Gasteiger partial charge in [-0.1, -0.05) is 35.9 Å². The smallest absolute Gasteiger partial charge is 0.174 e. The summed E-state index contributed by atoms with van der Waals surface area (Å²) in [6, 6.07) is 14.6. The van der Waals surface area contributed by atoms with Crippen LogP contribution in [0.4, 0.5) is 0 Å². The van der Waals surface area contributed by atoms with Crippen molar-refractivity contribution in [2.45, 2.75) is 58.2 Å². The molecule has 0 aromatic heterocycles. The van der Waals surface area contributed by atoms with Crippen LogP contribution < -0.4 is 9.47 Å². The van der Waals surface area contributed by atoms with E-state index in [0.29, 0.717) is 46.4 Å². The average molecular weight is 651 g/mol. The van der Waals surface area contributed by atoms with Crippen LogP contribution in [-0.4, -0.2) is 36.4 Å². The van der Waals surface area contributed by atoms with Gasteiger partial charge in [0.25, 0.3) is 0 Å². The lowest BCUT2D eigenvalue weighted by molar-refractivity contribution is 0.0838. The van der Waals surface area contributed by atoms with Crippen LogP contribution in [-0.2, 0) is 6.42 Å². The van der Waals surface area contributed by atoms with Crippen molar-refractivity contribution in [1.29, 1.82) is 0 Å². The number of ketones is 1. The Kier molecular flexibility index (Phi) is 8.47. The summed E-state index contributed by atoms with van der Waals surface area (Å²) in [7, 11) is 0. The molecule has 0 bridgehead atoms. The fourth-order valence-corrected chi connectivity index (χ4v) is 6.69. The fraction of sp³-hybridized carbons (Fsp3) is 0.256. The molecular weight excluding hydrogens is 612 g/mol. The van der Waals surface area contributed by atoms with Crippen LogP contribution in [0.25, 0.3) is 0 Å². The van der Waals surface area contributed by atoms with Crippen LogP contribution in [0.2, 0.25) is 0 Å². The molecule has 2 aliphatic rings. The molecule has 0 spiro atoms. The topological polar surface area (TPSA) is 157 Å². The fourth-order valence-electron chi connectivity index (χ4n) is 6.69. The molecule has 4 atom stereocenters. The van der Waals surface area contributed by atoms with Crippen LogP contribution in [0.5, 0.6) is 46.0 Å². The van der Waals surface area contributed by atoms with Crippen LogP contribution in [0.1, 0.15) is 89.9 Å². The van der Waals surface area contributed by atoms with E-state index in [9.17, 15) is 35.4 Å². The summed E-state index contributed by atoms with van der Waals surface area (Å²) in [5.74, 6) is -1.96. The first-order valence-corrected chi connectivity index (χ1v) is 15.7. The predicted octanol–water partition coefficient (Wildman–Crippen LogP) is 7.98. The van der Waals surface area contributed by atoms with E-state index < -0.39 is 23.9 Å². The molecule has 48 heavy (non-hydrogen) atoms. The monoisotopic (exact) mass is 650 g/mol. The summed E-state index contributed by atoms with van der Waals surface area (Å²) in [6.45, 7) is 10.2. The molecule has 6 rings (SSSR count). The number of Topliss-reactive ketones (excluding diaryl/α,β-unsaturated/α-hetero) is 1. The Labute approximate surface area is 278 Å². The maximum absolute atomic E-state index is 14.0. The van der Waals surface area contributed by atoms with E-state index in [1.165, 1.54) is 48.5 Å². The summed E-state index contributed by atoms with van der Waals surface area (Å²) in [6.07, 6.45) is 1.15. The summed E-state index contributed by atoms with van der Waals surface area (Å²) in [5.41, 5.74) is 4.20. The minimum atomic E-state index is -0.920. The van der Waals surface area contributed by atoms with Gasteiger partial charge < -0.3 is 40.1 Å². The molecule has 0 radical (unpaired) electrons. The molecule has 4 aromatic carbocycles. The van der Waals surface area contributed by atoms with Crippen LogP contribution >= 0.6 is 0 Å². The Balaban J connectivity index is 1.61. The SMILES string of the molecule is C=C(C)C(CC=C(C)C)Cc1c2c(c(O)c3c1OC(c1ccc(O)cc1)[C@H]3c1cc(O)cc(O)c1)C(=O)C[C@@H](c1ccc(O)cc1O)O2. The highest BCUT2D eigenvalue weighted by Gasteiger charge is 2.46. The second-order valence-corrected chi connectivity index (χ2v) is 12.9. The highest BCUT2D eigenvalue weighted by atomic mass is 16.5. The Hall–Kier alpha value is -5.57. The van der Waals surface area contributed by atoms with Gasteiger partial charge in [-0.05, 0) is 87.1 Å². The van der Waals surface area contributed by atoms with Crippen molar-refractivity contribution in [1.82, 2.24) is 0 Å². The number of fused-ring (bicyclic) bond motifs is 2. The van der Waals surface area contributed by atoms with Gasteiger partial charge in [0.15, 0.2) is 5.78 Å². The molecule has 2 unspecified atom stereocenters. The Bertz CT molecular complexity index is 1930. The van der Waals surface area contributed by atoms with E-state index >= 15 is 0 Å². The summed E-state index contributed by atoms with van der Waals surface area (Å²) in [5, 5.41) is 63.6. The first-order valence-electron chi connectivity index (χ1n) is 15.7.